The van der Waals surface area contributed by atoms with Crippen LogP contribution in [0.4, 0.5) is 0 Å². The van der Waals surface area contributed by atoms with Crippen LogP contribution in [-0.2, 0) is 24.2 Å². The molecule has 0 radical (unpaired) electrons. The molecule has 0 aliphatic carbocycles. The third kappa shape index (κ3) is 4.24. The number of carbonyl (C=O) groups excluding carboxylic acids is 1. The van der Waals surface area contributed by atoms with Crippen LogP contribution in [0, 0.1) is 0 Å². The lowest BCUT2D eigenvalue weighted by molar-refractivity contribution is -0.120. The minimum Gasteiger partial charge on any atom is -0.493 e. The van der Waals surface area contributed by atoms with Gasteiger partial charge in [-0.15, -0.1) is 0 Å². The SMILES string of the molecule is COc1ccc(CC(=O)NCc2ccc3c(c2)CCCO3)cc1OC. The molecule has 1 amide bonds. The van der Waals surface area contributed by atoms with Crippen LogP contribution in [0.5, 0.6) is 17.2 Å². The first-order valence-electron chi connectivity index (χ1n) is 8.42. The van der Waals surface area contributed by atoms with Crippen LogP contribution in [0.25, 0.3) is 0 Å². The summed E-state index contributed by atoms with van der Waals surface area (Å²) in [6, 6.07) is 11.6. The van der Waals surface area contributed by atoms with Gasteiger partial charge < -0.3 is 19.5 Å². The average Bonchev–Trinajstić information content (AvgIpc) is 2.66. The molecule has 25 heavy (non-hydrogen) atoms. The zero-order valence-corrected chi connectivity index (χ0v) is 14.6. The number of nitrogens with one attached hydrogen (secondary N) is 1. The third-order valence-corrected chi connectivity index (χ3v) is 4.28. The Morgan fingerprint density at radius 2 is 1.88 bits per heavy atom. The first-order chi connectivity index (χ1) is 12.2. The standard InChI is InChI=1S/C20H23NO4/c1-23-18-8-5-14(11-19(18)24-2)12-20(22)21-13-15-6-7-17-16(10-15)4-3-9-25-17/h5-8,10-11H,3-4,9,12-13H2,1-2H3,(H,21,22). The monoisotopic (exact) mass is 341 g/mol. The van der Waals surface area contributed by atoms with E-state index in [1.54, 1.807) is 14.2 Å². The number of benzene rings is 2. The lowest BCUT2D eigenvalue weighted by Gasteiger charge is -2.18. The summed E-state index contributed by atoms with van der Waals surface area (Å²) in [4.78, 5) is 12.2. The van der Waals surface area contributed by atoms with Gasteiger partial charge in [0.25, 0.3) is 0 Å². The molecule has 1 heterocycles. The van der Waals surface area contributed by atoms with Crippen molar-refractivity contribution in [2.24, 2.45) is 0 Å². The average molecular weight is 341 g/mol. The lowest BCUT2D eigenvalue weighted by atomic mass is 10.0. The lowest BCUT2D eigenvalue weighted by Crippen LogP contribution is -2.24. The van der Waals surface area contributed by atoms with Gasteiger partial charge in [-0.3, -0.25) is 4.79 Å². The smallest absolute Gasteiger partial charge is 0.224 e. The minimum atomic E-state index is -0.0267. The highest BCUT2D eigenvalue weighted by atomic mass is 16.5. The molecule has 0 spiro atoms. The van der Waals surface area contributed by atoms with E-state index in [1.165, 1.54) is 5.56 Å². The quantitative estimate of drug-likeness (QED) is 0.878. The molecule has 0 saturated heterocycles. The van der Waals surface area contributed by atoms with Crippen molar-refractivity contribution in [3.05, 3.63) is 53.1 Å². The molecule has 1 N–H and O–H groups in total. The van der Waals surface area contributed by atoms with Crippen molar-refractivity contribution in [2.45, 2.75) is 25.8 Å². The highest BCUT2D eigenvalue weighted by Gasteiger charge is 2.12. The zero-order chi connectivity index (χ0) is 17.6. The predicted molar refractivity (Wildman–Crippen MR) is 95.4 cm³/mol. The number of fused-ring (bicyclic) bond motifs is 1. The number of ether oxygens (including phenoxy) is 3. The maximum atomic E-state index is 12.2. The van der Waals surface area contributed by atoms with Gasteiger partial charge in [0.05, 0.1) is 27.2 Å². The van der Waals surface area contributed by atoms with Gasteiger partial charge in [-0.1, -0.05) is 18.2 Å². The molecule has 2 aromatic carbocycles. The second-order valence-corrected chi connectivity index (χ2v) is 6.04. The van der Waals surface area contributed by atoms with Gasteiger partial charge >= 0.3 is 0 Å². The molecule has 2 aromatic rings. The molecule has 0 fully saturated rings. The van der Waals surface area contributed by atoms with Crippen LogP contribution in [0.15, 0.2) is 36.4 Å². The van der Waals surface area contributed by atoms with Crippen molar-refractivity contribution in [1.29, 1.82) is 0 Å². The summed E-state index contributed by atoms with van der Waals surface area (Å²) in [6.45, 7) is 1.30. The summed E-state index contributed by atoms with van der Waals surface area (Å²) >= 11 is 0. The van der Waals surface area contributed by atoms with Gasteiger partial charge in [-0.2, -0.15) is 0 Å². The van der Waals surface area contributed by atoms with E-state index in [2.05, 4.69) is 11.4 Å². The summed E-state index contributed by atoms with van der Waals surface area (Å²) in [5.74, 6) is 2.22. The first kappa shape index (κ1) is 17.1. The number of rotatable bonds is 6. The minimum absolute atomic E-state index is 0.0267. The van der Waals surface area contributed by atoms with Crippen molar-refractivity contribution in [3.63, 3.8) is 0 Å². The number of hydrogen-bond donors (Lipinski definition) is 1. The summed E-state index contributed by atoms with van der Waals surface area (Å²) in [5.41, 5.74) is 3.19. The van der Waals surface area contributed by atoms with E-state index in [0.717, 1.165) is 36.3 Å². The highest BCUT2D eigenvalue weighted by molar-refractivity contribution is 5.78. The summed E-state index contributed by atoms with van der Waals surface area (Å²) < 4.78 is 16.1. The third-order valence-electron chi connectivity index (χ3n) is 4.28. The van der Waals surface area contributed by atoms with Crippen LogP contribution in [0.3, 0.4) is 0 Å². The largest absolute Gasteiger partial charge is 0.493 e. The van der Waals surface area contributed by atoms with Crippen molar-refractivity contribution < 1.29 is 19.0 Å². The van der Waals surface area contributed by atoms with Crippen LogP contribution in [0.2, 0.25) is 0 Å². The second-order valence-electron chi connectivity index (χ2n) is 6.04. The molecular weight excluding hydrogens is 318 g/mol. The molecule has 5 nitrogen and oxygen atoms in total. The van der Waals surface area contributed by atoms with Gasteiger partial charge in [0.15, 0.2) is 11.5 Å². The van der Waals surface area contributed by atoms with E-state index in [1.807, 2.05) is 30.3 Å². The summed E-state index contributed by atoms with van der Waals surface area (Å²) in [6.07, 6.45) is 2.37. The number of aryl methyl sites for hydroxylation is 1. The topological polar surface area (TPSA) is 56.8 Å². The van der Waals surface area contributed by atoms with E-state index in [4.69, 9.17) is 14.2 Å². The van der Waals surface area contributed by atoms with E-state index in [0.29, 0.717) is 24.5 Å². The van der Waals surface area contributed by atoms with Crippen molar-refractivity contribution >= 4 is 5.91 Å². The van der Waals surface area contributed by atoms with Gasteiger partial charge in [0, 0.05) is 6.54 Å². The fourth-order valence-electron chi connectivity index (χ4n) is 2.96. The van der Waals surface area contributed by atoms with E-state index >= 15 is 0 Å². The van der Waals surface area contributed by atoms with E-state index in [9.17, 15) is 4.79 Å². The fraction of sp³-hybridized carbons (Fsp3) is 0.350. The molecule has 0 aromatic heterocycles. The number of hydrogen-bond acceptors (Lipinski definition) is 4. The van der Waals surface area contributed by atoms with Crippen LogP contribution >= 0.6 is 0 Å². The van der Waals surface area contributed by atoms with E-state index in [-0.39, 0.29) is 5.91 Å². The Kier molecular flexibility index (Phi) is 5.43. The molecule has 0 saturated carbocycles. The van der Waals surface area contributed by atoms with Gasteiger partial charge in [-0.05, 0) is 47.7 Å². The fourth-order valence-corrected chi connectivity index (χ4v) is 2.96. The Labute approximate surface area is 147 Å². The van der Waals surface area contributed by atoms with Gasteiger partial charge in [0.2, 0.25) is 5.91 Å². The predicted octanol–water partition coefficient (Wildman–Crippen LogP) is 2.89. The molecule has 1 aliphatic rings. The van der Waals surface area contributed by atoms with Gasteiger partial charge in [-0.25, -0.2) is 0 Å². The Balaban J connectivity index is 1.58. The molecule has 3 rings (SSSR count). The van der Waals surface area contributed by atoms with Crippen LogP contribution in [-0.4, -0.2) is 26.7 Å². The molecule has 132 valence electrons. The van der Waals surface area contributed by atoms with E-state index < -0.39 is 0 Å². The van der Waals surface area contributed by atoms with Crippen LogP contribution in [0.1, 0.15) is 23.1 Å². The molecule has 0 unspecified atom stereocenters. The van der Waals surface area contributed by atoms with Crippen molar-refractivity contribution in [3.8, 4) is 17.2 Å². The maximum Gasteiger partial charge on any atom is 0.224 e. The summed E-state index contributed by atoms with van der Waals surface area (Å²) in [5, 5.41) is 2.97. The van der Waals surface area contributed by atoms with Crippen molar-refractivity contribution in [2.75, 3.05) is 20.8 Å². The van der Waals surface area contributed by atoms with Crippen LogP contribution < -0.4 is 19.5 Å². The molecule has 1 aliphatic heterocycles. The van der Waals surface area contributed by atoms with Gasteiger partial charge in [0.1, 0.15) is 5.75 Å². The first-order valence-corrected chi connectivity index (χ1v) is 8.42. The van der Waals surface area contributed by atoms with Crippen molar-refractivity contribution in [1.82, 2.24) is 5.32 Å². The Morgan fingerprint density at radius 1 is 1.08 bits per heavy atom. The number of methoxy groups -OCH3 is 2. The Morgan fingerprint density at radius 3 is 2.68 bits per heavy atom. The second kappa shape index (κ2) is 7.92. The maximum absolute atomic E-state index is 12.2. The zero-order valence-electron chi connectivity index (χ0n) is 14.6. The molecule has 0 atom stereocenters. The number of carbonyl (C=O) groups is 1. The molecule has 5 heteroatoms. The summed E-state index contributed by atoms with van der Waals surface area (Å²) in [7, 11) is 3.18. The number of amides is 1. The normalized spacial score (nSPS) is 12.7. The highest BCUT2D eigenvalue weighted by Crippen LogP contribution is 2.28. The Bertz CT molecular complexity index is 757. The Hall–Kier alpha value is -2.69. The molecule has 0 bridgehead atoms. The molecular formula is C20H23NO4.